The molecule has 1 aromatic rings. The number of nitrogens with one attached hydrogen (secondary N) is 1. The van der Waals surface area contributed by atoms with Gasteiger partial charge in [-0.05, 0) is 19.0 Å². The fraction of sp³-hybridized carbons (Fsp3) is 0.545. The van der Waals surface area contributed by atoms with Gasteiger partial charge in [0.2, 0.25) is 0 Å². The summed E-state index contributed by atoms with van der Waals surface area (Å²) in [6.45, 7) is 10.8. The number of aromatic nitrogens is 2. The molecule has 14 heavy (non-hydrogen) atoms. The third-order valence-electron chi connectivity index (χ3n) is 2.14. The molecule has 0 unspecified atom stereocenters. The summed E-state index contributed by atoms with van der Waals surface area (Å²) in [5.41, 5.74) is 2.30. The first-order valence-corrected chi connectivity index (χ1v) is 5.16. The third kappa shape index (κ3) is 3.34. The van der Waals surface area contributed by atoms with Crippen LogP contribution in [0.5, 0.6) is 0 Å². The van der Waals surface area contributed by atoms with E-state index in [2.05, 4.69) is 30.8 Å². The van der Waals surface area contributed by atoms with Crippen molar-refractivity contribution >= 4 is 0 Å². The molecule has 0 spiro atoms. The Kier molecular flexibility index (Phi) is 4.40. The first-order valence-electron chi connectivity index (χ1n) is 5.16. The molecule has 3 heteroatoms. The van der Waals surface area contributed by atoms with Gasteiger partial charge in [0.15, 0.2) is 0 Å². The van der Waals surface area contributed by atoms with Crippen molar-refractivity contribution in [1.82, 2.24) is 15.1 Å². The van der Waals surface area contributed by atoms with Crippen LogP contribution >= 0.6 is 0 Å². The van der Waals surface area contributed by atoms with E-state index in [1.54, 1.807) is 0 Å². The van der Waals surface area contributed by atoms with Crippen LogP contribution in [0.3, 0.4) is 0 Å². The van der Waals surface area contributed by atoms with Crippen LogP contribution in [0.1, 0.15) is 26.0 Å². The SMILES string of the molecule is C=C(CC)Cn1ccc(CNCC)n1. The highest BCUT2D eigenvalue weighted by Crippen LogP contribution is 2.02. The molecule has 0 aromatic carbocycles. The Morgan fingerprint density at radius 1 is 1.57 bits per heavy atom. The number of nitrogens with zero attached hydrogens (tertiary/aromatic N) is 2. The second-order valence-electron chi connectivity index (χ2n) is 3.39. The number of allylic oxidation sites excluding steroid dienone is 1. The van der Waals surface area contributed by atoms with Crippen molar-refractivity contribution in [3.63, 3.8) is 0 Å². The highest BCUT2D eigenvalue weighted by atomic mass is 15.3. The van der Waals surface area contributed by atoms with Gasteiger partial charge in [-0.1, -0.05) is 26.0 Å². The van der Waals surface area contributed by atoms with E-state index in [1.807, 2.05) is 16.9 Å². The van der Waals surface area contributed by atoms with Gasteiger partial charge in [-0.3, -0.25) is 4.68 Å². The van der Waals surface area contributed by atoms with Crippen molar-refractivity contribution in [2.45, 2.75) is 33.4 Å². The maximum Gasteiger partial charge on any atom is 0.0762 e. The Morgan fingerprint density at radius 2 is 2.36 bits per heavy atom. The Labute approximate surface area is 85.8 Å². The normalized spacial score (nSPS) is 10.4. The largest absolute Gasteiger partial charge is 0.311 e. The molecule has 78 valence electrons. The molecule has 0 radical (unpaired) electrons. The van der Waals surface area contributed by atoms with Gasteiger partial charge in [-0.2, -0.15) is 5.10 Å². The summed E-state index contributed by atoms with van der Waals surface area (Å²) in [5.74, 6) is 0. The van der Waals surface area contributed by atoms with E-state index >= 15 is 0 Å². The molecule has 0 fully saturated rings. The lowest BCUT2D eigenvalue weighted by molar-refractivity contribution is 0.632. The Hall–Kier alpha value is -1.09. The topological polar surface area (TPSA) is 29.9 Å². The average molecular weight is 193 g/mol. The minimum Gasteiger partial charge on any atom is -0.311 e. The first kappa shape index (κ1) is 11.0. The molecule has 0 atom stereocenters. The molecule has 3 nitrogen and oxygen atoms in total. The Morgan fingerprint density at radius 3 is 3.00 bits per heavy atom. The molecule has 0 bridgehead atoms. The van der Waals surface area contributed by atoms with Crippen LogP contribution in [0.2, 0.25) is 0 Å². The highest BCUT2D eigenvalue weighted by molar-refractivity contribution is 5.01. The number of hydrogen-bond acceptors (Lipinski definition) is 2. The smallest absolute Gasteiger partial charge is 0.0762 e. The second-order valence-corrected chi connectivity index (χ2v) is 3.39. The molecule has 0 aliphatic carbocycles. The van der Waals surface area contributed by atoms with Crippen molar-refractivity contribution in [1.29, 1.82) is 0 Å². The van der Waals surface area contributed by atoms with Gasteiger partial charge in [0, 0.05) is 12.7 Å². The standard InChI is InChI=1S/C11H19N3/c1-4-10(3)9-14-7-6-11(13-14)8-12-5-2/h6-7,12H,3-5,8-9H2,1-2H3. The summed E-state index contributed by atoms with van der Waals surface area (Å²) in [4.78, 5) is 0. The lowest BCUT2D eigenvalue weighted by atomic mass is 10.2. The summed E-state index contributed by atoms with van der Waals surface area (Å²) in [6.07, 6.45) is 3.02. The van der Waals surface area contributed by atoms with E-state index in [4.69, 9.17) is 0 Å². The monoisotopic (exact) mass is 193 g/mol. The second kappa shape index (κ2) is 5.60. The molecule has 1 rings (SSSR count). The van der Waals surface area contributed by atoms with Crippen LogP contribution in [0.15, 0.2) is 24.4 Å². The summed E-state index contributed by atoms with van der Waals surface area (Å²) in [7, 11) is 0. The zero-order chi connectivity index (χ0) is 10.4. The van der Waals surface area contributed by atoms with E-state index in [9.17, 15) is 0 Å². The van der Waals surface area contributed by atoms with Crippen LogP contribution in [-0.2, 0) is 13.1 Å². The fourth-order valence-corrected chi connectivity index (χ4v) is 1.18. The van der Waals surface area contributed by atoms with E-state index < -0.39 is 0 Å². The fourth-order valence-electron chi connectivity index (χ4n) is 1.18. The zero-order valence-corrected chi connectivity index (χ0v) is 9.08. The highest BCUT2D eigenvalue weighted by Gasteiger charge is 1.98. The van der Waals surface area contributed by atoms with Gasteiger partial charge in [-0.15, -0.1) is 0 Å². The lowest BCUT2D eigenvalue weighted by Gasteiger charge is -2.02. The maximum absolute atomic E-state index is 4.43. The molecule has 0 saturated carbocycles. The van der Waals surface area contributed by atoms with Gasteiger partial charge < -0.3 is 5.32 Å². The molecule has 1 aromatic heterocycles. The minimum atomic E-state index is 0.836. The first-order chi connectivity index (χ1) is 6.76. The van der Waals surface area contributed by atoms with E-state index in [0.717, 1.165) is 31.7 Å². The number of hydrogen-bond donors (Lipinski definition) is 1. The van der Waals surface area contributed by atoms with Crippen molar-refractivity contribution < 1.29 is 0 Å². The lowest BCUT2D eigenvalue weighted by Crippen LogP contribution is -2.12. The van der Waals surface area contributed by atoms with Crippen LogP contribution in [0.4, 0.5) is 0 Å². The Bertz CT molecular complexity index is 288. The zero-order valence-electron chi connectivity index (χ0n) is 9.08. The third-order valence-corrected chi connectivity index (χ3v) is 2.14. The van der Waals surface area contributed by atoms with Crippen molar-refractivity contribution in [3.8, 4) is 0 Å². The quantitative estimate of drug-likeness (QED) is 0.700. The number of rotatable bonds is 6. The summed E-state index contributed by atoms with van der Waals surface area (Å²) < 4.78 is 1.94. The average Bonchev–Trinajstić information content (AvgIpc) is 2.62. The molecule has 1 heterocycles. The summed E-state index contributed by atoms with van der Waals surface area (Å²) in [5, 5.41) is 7.68. The molecule has 0 amide bonds. The van der Waals surface area contributed by atoms with E-state index in [0.29, 0.717) is 0 Å². The van der Waals surface area contributed by atoms with Crippen LogP contribution in [0, 0.1) is 0 Å². The van der Waals surface area contributed by atoms with Crippen molar-refractivity contribution in [3.05, 3.63) is 30.1 Å². The van der Waals surface area contributed by atoms with Gasteiger partial charge in [0.25, 0.3) is 0 Å². The summed E-state index contributed by atoms with van der Waals surface area (Å²) in [6, 6.07) is 2.05. The molecular weight excluding hydrogens is 174 g/mol. The molecule has 0 aliphatic heterocycles. The Balaban J connectivity index is 2.46. The van der Waals surface area contributed by atoms with Crippen molar-refractivity contribution in [2.24, 2.45) is 0 Å². The summed E-state index contributed by atoms with van der Waals surface area (Å²) >= 11 is 0. The van der Waals surface area contributed by atoms with E-state index in [1.165, 1.54) is 5.57 Å². The van der Waals surface area contributed by atoms with Gasteiger partial charge in [0.1, 0.15) is 0 Å². The van der Waals surface area contributed by atoms with Gasteiger partial charge in [0.05, 0.1) is 12.2 Å². The van der Waals surface area contributed by atoms with Crippen LogP contribution < -0.4 is 5.32 Å². The molecule has 0 aliphatic rings. The predicted octanol–water partition coefficient (Wildman–Crippen LogP) is 1.96. The molecular formula is C11H19N3. The van der Waals surface area contributed by atoms with Gasteiger partial charge in [-0.25, -0.2) is 0 Å². The molecule has 0 saturated heterocycles. The van der Waals surface area contributed by atoms with Crippen LogP contribution in [0.25, 0.3) is 0 Å². The van der Waals surface area contributed by atoms with E-state index in [-0.39, 0.29) is 0 Å². The van der Waals surface area contributed by atoms with Crippen molar-refractivity contribution in [2.75, 3.05) is 6.54 Å². The molecule has 1 N–H and O–H groups in total. The van der Waals surface area contributed by atoms with Gasteiger partial charge >= 0.3 is 0 Å². The van der Waals surface area contributed by atoms with Crippen LogP contribution in [-0.4, -0.2) is 16.3 Å². The predicted molar refractivity (Wildman–Crippen MR) is 59.0 cm³/mol. The maximum atomic E-state index is 4.43. The minimum absolute atomic E-state index is 0.836.